The van der Waals surface area contributed by atoms with Crippen LogP contribution in [0.2, 0.25) is 0 Å². The van der Waals surface area contributed by atoms with Gasteiger partial charge >= 0.3 is 0 Å². The first kappa shape index (κ1) is 14.6. The number of rotatable bonds is 5. The zero-order chi connectivity index (χ0) is 13.8. The number of nitrogens with one attached hydrogen (secondary N) is 2. The lowest BCUT2D eigenvalue weighted by molar-refractivity contribution is 0.0962. The Balaban J connectivity index is 3.16. The van der Waals surface area contributed by atoms with Crippen LogP contribution in [0.1, 0.15) is 15.9 Å². The van der Waals surface area contributed by atoms with Gasteiger partial charge in [-0.1, -0.05) is 6.07 Å². The molecule has 7 heteroatoms. The Kier molecular flexibility index (Phi) is 4.83. The summed E-state index contributed by atoms with van der Waals surface area (Å²) >= 11 is 0. The van der Waals surface area contributed by atoms with Crippen molar-refractivity contribution in [1.82, 2.24) is 10.0 Å². The van der Waals surface area contributed by atoms with Gasteiger partial charge in [-0.15, -0.1) is 0 Å². The first-order valence-electron chi connectivity index (χ1n) is 5.35. The van der Waals surface area contributed by atoms with E-state index in [1.54, 1.807) is 13.0 Å². The maximum Gasteiger partial charge on any atom is 0.251 e. The van der Waals surface area contributed by atoms with E-state index in [1.807, 2.05) is 0 Å². The van der Waals surface area contributed by atoms with Crippen molar-refractivity contribution in [2.45, 2.75) is 11.8 Å². The number of hydrogen-bond donors (Lipinski definition) is 3. The average Bonchev–Trinajstić information content (AvgIpc) is 2.35. The third-order valence-corrected chi connectivity index (χ3v) is 3.85. The van der Waals surface area contributed by atoms with Gasteiger partial charge in [-0.25, -0.2) is 13.1 Å². The summed E-state index contributed by atoms with van der Waals surface area (Å²) in [7, 11) is -2.21. The van der Waals surface area contributed by atoms with E-state index in [0.717, 1.165) is 0 Å². The van der Waals surface area contributed by atoms with Crippen LogP contribution in [0.4, 0.5) is 0 Å². The molecule has 18 heavy (non-hydrogen) atoms. The van der Waals surface area contributed by atoms with Crippen LogP contribution in [0.3, 0.4) is 0 Å². The fraction of sp³-hybridized carbons (Fsp3) is 0.364. The largest absolute Gasteiger partial charge is 0.395 e. The summed E-state index contributed by atoms with van der Waals surface area (Å²) in [6.07, 6.45) is 0. The first-order chi connectivity index (χ1) is 8.42. The minimum Gasteiger partial charge on any atom is -0.395 e. The Morgan fingerprint density at radius 3 is 2.61 bits per heavy atom. The summed E-state index contributed by atoms with van der Waals surface area (Å²) in [6.45, 7) is 1.38. The normalized spacial score (nSPS) is 11.3. The zero-order valence-corrected chi connectivity index (χ0v) is 11.0. The molecule has 0 atom stereocenters. The topological polar surface area (TPSA) is 95.5 Å². The van der Waals surface area contributed by atoms with Gasteiger partial charge < -0.3 is 10.4 Å². The van der Waals surface area contributed by atoms with Crippen molar-refractivity contribution in [2.75, 3.05) is 20.2 Å². The molecule has 0 radical (unpaired) electrons. The van der Waals surface area contributed by atoms with E-state index in [0.29, 0.717) is 11.1 Å². The molecule has 3 N–H and O–H groups in total. The van der Waals surface area contributed by atoms with Crippen molar-refractivity contribution in [1.29, 1.82) is 0 Å². The Morgan fingerprint density at radius 2 is 2.06 bits per heavy atom. The van der Waals surface area contributed by atoms with Gasteiger partial charge in [-0.3, -0.25) is 4.79 Å². The van der Waals surface area contributed by atoms with E-state index < -0.39 is 10.0 Å². The van der Waals surface area contributed by atoms with Crippen molar-refractivity contribution < 1.29 is 18.3 Å². The van der Waals surface area contributed by atoms with Gasteiger partial charge in [0.2, 0.25) is 10.0 Å². The molecule has 0 saturated carbocycles. The Labute approximate surface area is 106 Å². The second-order valence-corrected chi connectivity index (χ2v) is 5.44. The highest BCUT2D eigenvalue weighted by molar-refractivity contribution is 7.89. The van der Waals surface area contributed by atoms with E-state index in [9.17, 15) is 13.2 Å². The lowest BCUT2D eigenvalue weighted by atomic mass is 10.1. The molecular formula is C11H16N2O4S. The Hall–Kier alpha value is -1.44. The predicted octanol–water partition coefficient (Wildman–Crippen LogP) is -0.375. The van der Waals surface area contributed by atoms with Crippen LogP contribution in [0.5, 0.6) is 0 Å². The molecule has 0 aromatic heterocycles. The van der Waals surface area contributed by atoms with E-state index in [2.05, 4.69) is 10.0 Å². The maximum absolute atomic E-state index is 11.8. The Morgan fingerprint density at radius 1 is 1.39 bits per heavy atom. The zero-order valence-electron chi connectivity index (χ0n) is 10.2. The van der Waals surface area contributed by atoms with Gasteiger partial charge in [-0.05, 0) is 24.6 Å². The number of carbonyl (C=O) groups excluding carboxylic acids is 1. The summed E-state index contributed by atoms with van der Waals surface area (Å²) in [5.74, 6) is -0.341. The fourth-order valence-corrected chi connectivity index (χ4v) is 2.46. The molecule has 1 aromatic rings. The number of aliphatic hydroxyl groups excluding tert-OH is 1. The molecule has 100 valence electrons. The van der Waals surface area contributed by atoms with Crippen molar-refractivity contribution in [3.8, 4) is 0 Å². The smallest absolute Gasteiger partial charge is 0.251 e. The molecule has 0 aliphatic heterocycles. The van der Waals surface area contributed by atoms with Crippen LogP contribution in [0.15, 0.2) is 23.1 Å². The summed E-state index contributed by atoms with van der Waals surface area (Å²) < 4.78 is 25.8. The molecule has 0 spiro atoms. The molecule has 0 saturated heterocycles. The predicted molar refractivity (Wildman–Crippen MR) is 66.8 cm³/mol. The monoisotopic (exact) mass is 272 g/mol. The van der Waals surface area contributed by atoms with Crippen molar-refractivity contribution >= 4 is 15.9 Å². The van der Waals surface area contributed by atoms with Crippen LogP contribution in [0.25, 0.3) is 0 Å². The molecule has 1 amide bonds. The van der Waals surface area contributed by atoms with E-state index in [1.165, 1.54) is 19.2 Å². The number of aliphatic hydroxyl groups is 1. The van der Waals surface area contributed by atoms with Crippen LogP contribution < -0.4 is 10.0 Å². The van der Waals surface area contributed by atoms with E-state index >= 15 is 0 Å². The quantitative estimate of drug-likeness (QED) is 0.681. The minimum absolute atomic E-state index is 0.000139. The van der Waals surface area contributed by atoms with Crippen molar-refractivity contribution in [3.05, 3.63) is 29.3 Å². The molecule has 1 aromatic carbocycles. The number of sulfonamides is 1. The molecule has 0 heterocycles. The second-order valence-electron chi connectivity index (χ2n) is 3.68. The third-order valence-electron chi connectivity index (χ3n) is 2.39. The van der Waals surface area contributed by atoms with E-state index in [-0.39, 0.29) is 24.0 Å². The van der Waals surface area contributed by atoms with E-state index in [4.69, 9.17) is 5.11 Å². The Bertz CT molecular complexity index is 540. The first-order valence-corrected chi connectivity index (χ1v) is 6.84. The molecule has 6 nitrogen and oxygen atoms in total. The maximum atomic E-state index is 11.8. The number of amides is 1. The highest BCUT2D eigenvalue weighted by Crippen LogP contribution is 2.15. The number of benzene rings is 1. The van der Waals surface area contributed by atoms with Crippen LogP contribution >= 0.6 is 0 Å². The van der Waals surface area contributed by atoms with Crippen LogP contribution in [-0.4, -0.2) is 39.6 Å². The molecule has 0 aliphatic carbocycles. The molecule has 0 fully saturated rings. The molecule has 0 aliphatic rings. The fourth-order valence-electron chi connectivity index (χ4n) is 1.41. The number of aryl methyl sites for hydroxylation is 1. The highest BCUT2D eigenvalue weighted by Gasteiger charge is 2.16. The molecule has 0 unspecified atom stereocenters. The van der Waals surface area contributed by atoms with Crippen molar-refractivity contribution in [3.63, 3.8) is 0 Å². The lowest BCUT2D eigenvalue weighted by Gasteiger charge is -2.09. The van der Waals surface area contributed by atoms with Gasteiger partial charge in [0.25, 0.3) is 5.91 Å². The van der Waals surface area contributed by atoms with Crippen LogP contribution in [0, 0.1) is 6.92 Å². The number of carbonyl (C=O) groups is 1. The second kappa shape index (κ2) is 5.94. The van der Waals surface area contributed by atoms with Gasteiger partial charge in [-0.2, -0.15) is 0 Å². The van der Waals surface area contributed by atoms with Crippen LogP contribution in [-0.2, 0) is 10.0 Å². The minimum atomic E-state index is -3.69. The average molecular weight is 272 g/mol. The molecule has 1 rings (SSSR count). The lowest BCUT2D eigenvalue weighted by Crippen LogP contribution is -2.27. The number of hydrogen-bond acceptors (Lipinski definition) is 4. The summed E-state index contributed by atoms with van der Waals surface area (Å²) in [6, 6.07) is 4.30. The van der Waals surface area contributed by atoms with Gasteiger partial charge in [0, 0.05) is 19.2 Å². The standard InChI is InChI=1S/C11H16N2O4S/c1-8-3-4-9(7-10(8)11(15)12-2)18(16,17)13-5-6-14/h3-4,7,13-14H,5-6H2,1-2H3,(H,12,15). The highest BCUT2D eigenvalue weighted by atomic mass is 32.2. The molecule has 0 bridgehead atoms. The summed E-state index contributed by atoms with van der Waals surface area (Å²) in [4.78, 5) is 11.6. The van der Waals surface area contributed by atoms with Gasteiger partial charge in [0.15, 0.2) is 0 Å². The van der Waals surface area contributed by atoms with Gasteiger partial charge in [0.05, 0.1) is 11.5 Å². The van der Waals surface area contributed by atoms with Crippen molar-refractivity contribution in [2.24, 2.45) is 0 Å². The summed E-state index contributed by atoms with van der Waals surface area (Å²) in [5, 5.41) is 11.1. The summed E-state index contributed by atoms with van der Waals surface area (Å²) in [5.41, 5.74) is 1.000. The SMILES string of the molecule is CNC(=O)c1cc(S(=O)(=O)NCCO)ccc1C. The molecular weight excluding hydrogens is 256 g/mol. The van der Waals surface area contributed by atoms with Gasteiger partial charge in [0.1, 0.15) is 0 Å². The third kappa shape index (κ3) is 3.28.